The first-order valence-corrected chi connectivity index (χ1v) is 5.59. The average Bonchev–Trinajstić information content (AvgIpc) is 2.87. The Hall–Kier alpha value is -1.27. The van der Waals surface area contributed by atoms with E-state index < -0.39 is 0 Å². The molecule has 6 heteroatoms. The lowest BCUT2D eigenvalue weighted by Gasteiger charge is -2.03. The van der Waals surface area contributed by atoms with Crippen LogP contribution >= 0.6 is 11.7 Å². The van der Waals surface area contributed by atoms with Gasteiger partial charge in [-0.25, -0.2) is 0 Å². The summed E-state index contributed by atoms with van der Waals surface area (Å²) in [6.07, 6.45) is 6.52. The third-order valence-corrected chi connectivity index (χ3v) is 2.65. The molecule has 0 aliphatic rings. The van der Waals surface area contributed by atoms with Crippen LogP contribution in [0.5, 0.6) is 0 Å². The van der Waals surface area contributed by atoms with Crippen molar-refractivity contribution >= 4 is 11.7 Å². The third-order valence-electron chi connectivity index (χ3n) is 2.16. The zero-order chi connectivity index (χ0) is 10.7. The zero-order valence-electron chi connectivity index (χ0n) is 8.50. The summed E-state index contributed by atoms with van der Waals surface area (Å²) in [4.78, 5) is 0. The molecule has 0 saturated heterocycles. The van der Waals surface area contributed by atoms with Crippen molar-refractivity contribution in [3.05, 3.63) is 29.8 Å². The van der Waals surface area contributed by atoms with E-state index in [4.69, 9.17) is 5.73 Å². The highest BCUT2D eigenvalue weighted by molar-refractivity contribution is 6.99. The van der Waals surface area contributed by atoms with Crippen LogP contribution in [0.15, 0.2) is 18.6 Å². The maximum atomic E-state index is 6.02. The number of hydrogen-bond acceptors (Lipinski definition) is 5. The van der Waals surface area contributed by atoms with Crippen LogP contribution in [0.1, 0.15) is 30.6 Å². The molecule has 0 radical (unpaired) electrons. The summed E-state index contributed by atoms with van der Waals surface area (Å²) in [5.41, 5.74) is 7.81. The molecule has 0 fully saturated rings. The van der Waals surface area contributed by atoms with Crippen LogP contribution in [-0.4, -0.2) is 18.5 Å². The van der Waals surface area contributed by atoms with Crippen molar-refractivity contribution in [2.24, 2.45) is 5.73 Å². The summed E-state index contributed by atoms with van der Waals surface area (Å²) in [6, 6.07) is -0.214. The highest BCUT2D eigenvalue weighted by Crippen LogP contribution is 2.16. The molecule has 1 atom stereocenters. The molecule has 2 heterocycles. The predicted molar refractivity (Wildman–Crippen MR) is 58.5 cm³/mol. The molecule has 0 amide bonds. The van der Waals surface area contributed by atoms with Crippen LogP contribution in [0.4, 0.5) is 0 Å². The lowest BCUT2D eigenvalue weighted by atomic mass is 10.1. The molecule has 2 rings (SSSR count). The van der Waals surface area contributed by atoms with Crippen molar-refractivity contribution in [3.8, 4) is 0 Å². The largest absolute Gasteiger partial charge is 0.319 e. The number of aryl methyl sites for hydroxylation is 1. The molecule has 0 aliphatic carbocycles. The number of hydrogen-bond donors (Lipinski definition) is 1. The fourth-order valence-electron chi connectivity index (χ4n) is 1.37. The van der Waals surface area contributed by atoms with Gasteiger partial charge in [0.2, 0.25) is 0 Å². The van der Waals surface area contributed by atoms with Gasteiger partial charge in [-0.3, -0.25) is 4.68 Å². The first-order chi connectivity index (χ1) is 7.31. The summed E-state index contributed by atoms with van der Waals surface area (Å²) in [5.74, 6) is 0. The topological polar surface area (TPSA) is 69.6 Å². The van der Waals surface area contributed by atoms with Crippen molar-refractivity contribution in [2.45, 2.75) is 25.9 Å². The van der Waals surface area contributed by atoms with Gasteiger partial charge in [0, 0.05) is 18.3 Å². The van der Waals surface area contributed by atoms with Crippen molar-refractivity contribution < 1.29 is 0 Å². The van der Waals surface area contributed by atoms with Crippen LogP contribution in [0.3, 0.4) is 0 Å². The molecule has 80 valence electrons. The van der Waals surface area contributed by atoms with E-state index in [2.05, 4.69) is 20.8 Å². The minimum absolute atomic E-state index is 0.214. The molecule has 2 aromatic heterocycles. The number of nitrogens with two attached hydrogens (primary N) is 1. The first-order valence-electron chi connectivity index (χ1n) is 4.86. The molecule has 1 unspecified atom stereocenters. The molecule has 0 spiro atoms. The molecule has 15 heavy (non-hydrogen) atoms. The normalized spacial score (nSPS) is 12.9. The van der Waals surface area contributed by atoms with Gasteiger partial charge >= 0.3 is 0 Å². The van der Waals surface area contributed by atoms with Gasteiger partial charge in [-0.1, -0.05) is 6.92 Å². The van der Waals surface area contributed by atoms with Gasteiger partial charge < -0.3 is 5.73 Å². The smallest absolute Gasteiger partial charge is 0.0956 e. The molecular formula is C9H13N5S. The Kier molecular flexibility index (Phi) is 3.08. The number of rotatable bonds is 4. The molecule has 0 aromatic carbocycles. The lowest BCUT2D eigenvalue weighted by Crippen LogP contribution is -2.11. The Balaban J connectivity index is 2.15. The number of nitrogens with zero attached hydrogens (tertiary/aromatic N) is 4. The Morgan fingerprint density at radius 3 is 3.07 bits per heavy atom. The van der Waals surface area contributed by atoms with Crippen LogP contribution in [0.25, 0.3) is 0 Å². The standard InChI is InChI=1S/C9H13N5S/c1-2-3-14-6-7(4-11-14)9(10)8-5-12-15-13-8/h4-6,9H,2-3,10H2,1H3. The summed E-state index contributed by atoms with van der Waals surface area (Å²) in [5, 5.41) is 4.23. The Bertz CT molecular complexity index is 408. The van der Waals surface area contributed by atoms with E-state index in [0.717, 1.165) is 24.2 Å². The second-order valence-corrected chi connectivity index (χ2v) is 3.90. The molecule has 2 N–H and O–H groups in total. The fourth-order valence-corrected chi connectivity index (χ4v) is 1.83. The molecule has 0 aliphatic heterocycles. The SMILES string of the molecule is CCCn1cc(C(N)c2cnsn2)cn1. The molecule has 0 saturated carbocycles. The Labute approximate surface area is 92.3 Å². The molecule has 0 bridgehead atoms. The lowest BCUT2D eigenvalue weighted by molar-refractivity contribution is 0.601. The van der Waals surface area contributed by atoms with E-state index in [9.17, 15) is 0 Å². The van der Waals surface area contributed by atoms with Gasteiger partial charge in [-0.15, -0.1) is 0 Å². The van der Waals surface area contributed by atoms with Crippen LogP contribution in [0.2, 0.25) is 0 Å². The molecule has 5 nitrogen and oxygen atoms in total. The quantitative estimate of drug-likeness (QED) is 0.845. The van der Waals surface area contributed by atoms with Gasteiger partial charge in [-0.2, -0.15) is 13.8 Å². The monoisotopic (exact) mass is 223 g/mol. The summed E-state index contributed by atoms with van der Waals surface area (Å²) in [7, 11) is 0. The van der Waals surface area contributed by atoms with Gasteiger partial charge in [0.25, 0.3) is 0 Å². The minimum atomic E-state index is -0.214. The van der Waals surface area contributed by atoms with Gasteiger partial charge in [0.1, 0.15) is 0 Å². The third kappa shape index (κ3) is 2.21. The van der Waals surface area contributed by atoms with Crippen LogP contribution < -0.4 is 5.73 Å². The Morgan fingerprint density at radius 2 is 2.40 bits per heavy atom. The summed E-state index contributed by atoms with van der Waals surface area (Å²) < 4.78 is 9.95. The second-order valence-electron chi connectivity index (χ2n) is 3.35. The van der Waals surface area contributed by atoms with E-state index in [1.807, 2.05) is 10.9 Å². The van der Waals surface area contributed by atoms with Crippen molar-refractivity contribution in [2.75, 3.05) is 0 Å². The number of aromatic nitrogens is 4. The first kappa shape index (κ1) is 10.3. The maximum Gasteiger partial charge on any atom is 0.0956 e. The van der Waals surface area contributed by atoms with Gasteiger partial charge in [0.05, 0.1) is 35.9 Å². The van der Waals surface area contributed by atoms with Crippen molar-refractivity contribution in [1.82, 2.24) is 18.5 Å². The predicted octanol–water partition coefficient (Wildman–Crippen LogP) is 1.19. The fraction of sp³-hybridized carbons (Fsp3) is 0.444. The maximum absolute atomic E-state index is 6.02. The van der Waals surface area contributed by atoms with E-state index in [-0.39, 0.29) is 6.04 Å². The molecular weight excluding hydrogens is 210 g/mol. The van der Waals surface area contributed by atoms with Crippen LogP contribution in [-0.2, 0) is 6.54 Å². The highest BCUT2D eigenvalue weighted by atomic mass is 32.1. The summed E-state index contributed by atoms with van der Waals surface area (Å²) >= 11 is 1.17. The van der Waals surface area contributed by atoms with Gasteiger partial charge in [0.15, 0.2) is 0 Å². The average molecular weight is 223 g/mol. The van der Waals surface area contributed by atoms with E-state index in [1.165, 1.54) is 11.7 Å². The second kappa shape index (κ2) is 4.50. The van der Waals surface area contributed by atoms with Crippen molar-refractivity contribution in [1.29, 1.82) is 0 Å². The molecule has 2 aromatic rings. The van der Waals surface area contributed by atoms with E-state index in [0.29, 0.717) is 0 Å². The zero-order valence-corrected chi connectivity index (χ0v) is 9.31. The highest BCUT2D eigenvalue weighted by Gasteiger charge is 2.13. The van der Waals surface area contributed by atoms with Gasteiger partial charge in [-0.05, 0) is 6.42 Å². The van der Waals surface area contributed by atoms with Crippen LogP contribution in [0, 0.1) is 0 Å². The van der Waals surface area contributed by atoms with Crippen molar-refractivity contribution in [3.63, 3.8) is 0 Å². The summed E-state index contributed by atoms with van der Waals surface area (Å²) in [6.45, 7) is 3.04. The van der Waals surface area contributed by atoms with E-state index in [1.54, 1.807) is 12.4 Å². The minimum Gasteiger partial charge on any atom is -0.319 e. The Morgan fingerprint density at radius 1 is 1.53 bits per heavy atom. The van der Waals surface area contributed by atoms with E-state index >= 15 is 0 Å².